The van der Waals surface area contributed by atoms with Crippen LogP contribution in [0.25, 0.3) is 0 Å². The van der Waals surface area contributed by atoms with Gasteiger partial charge in [0, 0.05) is 38.4 Å². The van der Waals surface area contributed by atoms with E-state index in [2.05, 4.69) is 65.8 Å². The summed E-state index contributed by atoms with van der Waals surface area (Å²) in [6, 6.07) is 13.3. The number of nitrogen functional groups attached to an aromatic ring is 1. The van der Waals surface area contributed by atoms with Gasteiger partial charge in [-0.25, -0.2) is 0 Å². The molecule has 0 unspecified atom stereocenters. The lowest BCUT2D eigenvalue weighted by Gasteiger charge is -2.39. The van der Waals surface area contributed by atoms with Crippen molar-refractivity contribution >= 4 is 17.1 Å². The minimum atomic E-state index is 0.165. The molecule has 1 aliphatic heterocycles. The van der Waals surface area contributed by atoms with Crippen LogP contribution in [0.4, 0.5) is 17.1 Å². The van der Waals surface area contributed by atoms with Gasteiger partial charge in [-0.15, -0.1) is 0 Å². The van der Waals surface area contributed by atoms with E-state index in [1.165, 1.54) is 11.3 Å². The van der Waals surface area contributed by atoms with Crippen molar-refractivity contribution in [3.63, 3.8) is 0 Å². The van der Waals surface area contributed by atoms with Crippen molar-refractivity contribution < 1.29 is 0 Å². The highest BCUT2D eigenvalue weighted by atomic mass is 15.3. The molecule has 0 amide bonds. The zero-order valence-corrected chi connectivity index (χ0v) is 19.3. The monoisotopic (exact) mass is 405 g/mol. The molecule has 0 atom stereocenters. The number of benzene rings is 2. The van der Waals surface area contributed by atoms with E-state index in [0.717, 1.165) is 55.2 Å². The Bertz CT molecular complexity index is 924. The maximum absolute atomic E-state index is 9.74. The van der Waals surface area contributed by atoms with Crippen molar-refractivity contribution in [1.29, 1.82) is 5.26 Å². The first kappa shape index (κ1) is 22.0. The third-order valence-electron chi connectivity index (χ3n) is 5.96. The largest absolute Gasteiger partial charge is 0.397 e. The third kappa shape index (κ3) is 4.55. The van der Waals surface area contributed by atoms with E-state index in [1.807, 2.05) is 27.1 Å². The van der Waals surface area contributed by atoms with Gasteiger partial charge in [0.1, 0.15) is 6.07 Å². The molecule has 2 N–H and O–H groups in total. The molecule has 1 fully saturated rings. The maximum atomic E-state index is 9.74. The summed E-state index contributed by atoms with van der Waals surface area (Å²) in [6.07, 6.45) is 0. The lowest BCUT2D eigenvalue weighted by Crippen LogP contribution is -2.47. The van der Waals surface area contributed by atoms with Crippen LogP contribution in [0, 0.1) is 18.3 Å². The molecule has 0 saturated carbocycles. The van der Waals surface area contributed by atoms with Crippen LogP contribution in [0.3, 0.4) is 0 Å². The van der Waals surface area contributed by atoms with E-state index in [0.29, 0.717) is 5.56 Å². The summed E-state index contributed by atoms with van der Waals surface area (Å²) in [7, 11) is 4.08. The van der Waals surface area contributed by atoms with Crippen LogP contribution in [0.5, 0.6) is 0 Å². The van der Waals surface area contributed by atoms with Crippen LogP contribution < -0.4 is 15.5 Å². The number of rotatable bonds is 4. The molecule has 0 radical (unpaired) electrons. The Morgan fingerprint density at radius 2 is 1.60 bits per heavy atom. The Morgan fingerprint density at radius 3 is 2.10 bits per heavy atom. The minimum absolute atomic E-state index is 0.165. The minimum Gasteiger partial charge on any atom is -0.397 e. The Kier molecular flexibility index (Phi) is 6.28. The standard InChI is InChI=1S/C25H35N5/c1-18-15-19(16-26)24(23(27)22(18)17-28(5)6)30-13-11-29(12-14-30)21-9-7-20(8-10-21)25(2,3)4/h7-10,15H,11-14,17,27H2,1-6H3. The van der Waals surface area contributed by atoms with Crippen LogP contribution in [0.1, 0.15) is 43.0 Å². The van der Waals surface area contributed by atoms with Crippen molar-refractivity contribution in [2.24, 2.45) is 0 Å². The third-order valence-corrected chi connectivity index (χ3v) is 5.96. The number of nitriles is 1. The molecule has 5 nitrogen and oxygen atoms in total. The molecule has 30 heavy (non-hydrogen) atoms. The second-order valence-electron chi connectivity index (χ2n) is 9.60. The summed E-state index contributed by atoms with van der Waals surface area (Å²) in [5, 5.41) is 9.74. The molecule has 0 aromatic heterocycles. The molecule has 0 aliphatic carbocycles. The Balaban J connectivity index is 1.80. The molecule has 3 rings (SSSR count). The maximum Gasteiger partial charge on any atom is 0.101 e. The molecule has 2 aromatic carbocycles. The number of hydrogen-bond acceptors (Lipinski definition) is 5. The number of hydrogen-bond donors (Lipinski definition) is 1. The smallest absolute Gasteiger partial charge is 0.101 e. The Morgan fingerprint density at radius 1 is 1.03 bits per heavy atom. The number of nitrogens with two attached hydrogens (primary N) is 1. The number of piperazine rings is 1. The number of anilines is 3. The zero-order valence-electron chi connectivity index (χ0n) is 19.3. The van der Waals surface area contributed by atoms with Gasteiger partial charge >= 0.3 is 0 Å². The van der Waals surface area contributed by atoms with E-state index < -0.39 is 0 Å². The average molecular weight is 406 g/mol. The Labute approximate surface area is 181 Å². The van der Waals surface area contributed by atoms with Crippen molar-refractivity contribution in [2.45, 2.75) is 39.7 Å². The Hall–Kier alpha value is -2.71. The van der Waals surface area contributed by atoms with Gasteiger partial charge in [-0.3, -0.25) is 0 Å². The fraction of sp³-hybridized carbons (Fsp3) is 0.480. The summed E-state index contributed by atoms with van der Waals surface area (Å²) in [4.78, 5) is 6.82. The van der Waals surface area contributed by atoms with Gasteiger partial charge in [0.2, 0.25) is 0 Å². The van der Waals surface area contributed by atoms with Gasteiger partial charge in [-0.05, 0) is 61.3 Å². The van der Waals surface area contributed by atoms with Crippen molar-refractivity contribution in [3.05, 3.63) is 52.6 Å². The first-order chi connectivity index (χ1) is 14.1. The van der Waals surface area contributed by atoms with Gasteiger partial charge < -0.3 is 20.4 Å². The van der Waals surface area contributed by atoms with Crippen LogP contribution in [0.2, 0.25) is 0 Å². The van der Waals surface area contributed by atoms with E-state index in [-0.39, 0.29) is 5.41 Å². The lowest BCUT2D eigenvalue weighted by atomic mass is 9.87. The SMILES string of the molecule is Cc1cc(C#N)c(N2CCN(c3ccc(C(C)(C)C)cc3)CC2)c(N)c1CN(C)C. The van der Waals surface area contributed by atoms with E-state index in [1.54, 1.807) is 0 Å². The van der Waals surface area contributed by atoms with Crippen LogP contribution in [-0.2, 0) is 12.0 Å². The second kappa shape index (κ2) is 8.57. The van der Waals surface area contributed by atoms with E-state index in [4.69, 9.17) is 5.73 Å². The number of aryl methyl sites for hydroxylation is 1. The van der Waals surface area contributed by atoms with Crippen molar-refractivity contribution in [1.82, 2.24) is 4.90 Å². The molecule has 160 valence electrons. The first-order valence-corrected chi connectivity index (χ1v) is 10.7. The molecule has 0 spiro atoms. The molecule has 2 aromatic rings. The van der Waals surface area contributed by atoms with Crippen molar-refractivity contribution in [3.8, 4) is 6.07 Å². The van der Waals surface area contributed by atoms with Gasteiger partial charge in [-0.2, -0.15) is 5.26 Å². The van der Waals surface area contributed by atoms with Crippen LogP contribution in [0.15, 0.2) is 30.3 Å². The fourth-order valence-corrected chi connectivity index (χ4v) is 4.18. The highest BCUT2D eigenvalue weighted by Gasteiger charge is 2.24. The predicted molar refractivity (Wildman–Crippen MR) is 127 cm³/mol. The van der Waals surface area contributed by atoms with E-state index >= 15 is 0 Å². The van der Waals surface area contributed by atoms with Crippen molar-refractivity contribution in [2.75, 3.05) is 55.8 Å². The fourth-order valence-electron chi connectivity index (χ4n) is 4.18. The summed E-state index contributed by atoms with van der Waals surface area (Å²) < 4.78 is 0. The predicted octanol–water partition coefficient (Wildman–Crippen LogP) is 4.13. The van der Waals surface area contributed by atoms with Gasteiger partial charge in [0.15, 0.2) is 0 Å². The topological polar surface area (TPSA) is 59.5 Å². The summed E-state index contributed by atoms with van der Waals surface area (Å²) in [6.45, 7) is 13.1. The normalized spacial score (nSPS) is 14.9. The molecule has 1 heterocycles. The zero-order chi connectivity index (χ0) is 22.1. The highest BCUT2D eigenvalue weighted by Crippen LogP contribution is 2.35. The number of nitrogens with zero attached hydrogens (tertiary/aromatic N) is 4. The molecular formula is C25H35N5. The molecule has 1 saturated heterocycles. The van der Waals surface area contributed by atoms with Gasteiger partial charge in [0.05, 0.1) is 16.9 Å². The summed E-state index contributed by atoms with van der Waals surface area (Å²) in [5.74, 6) is 0. The van der Waals surface area contributed by atoms with Gasteiger partial charge in [-0.1, -0.05) is 32.9 Å². The lowest BCUT2D eigenvalue weighted by molar-refractivity contribution is 0.402. The quantitative estimate of drug-likeness (QED) is 0.775. The molecule has 5 heteroatoms. The highest BCUT2D eigenvalue weighted by molar-refractivity contribution is 5.79. The average Bonchev–Trinajstić information content (AvgIpc) is 2.70. The molecule has 0 bridgehead atoms. The first-order valence-electron chi connectivity index (χ1n) is 10.7. The second-order valence-corrected chi connectivity index (χ2v) is 9.60. The summed E-state index contributed by atoms with van der Waals surface area (Å²) in [5.41, 5.74) is 13.9. The molecular weight excluding hydrogens is 370 g/mol. The van der Waals surface area contributed by atoms with E-state index in [9.17, 15) is 5.26 Å². The molecule has 1 aliphatic rings. The summed E-state index contributed by atoms with van der Waals surface area (Å²) >= 11 is 0. The van der Waals surface area contributed by atoms with Crippen LogP contribution in [-0.4, -0.2) is 45.2 Å². The van der Waals surface area contributed by atoms with Gasteiger partial charge in [0.25, 0.3) is 0 Å². The van der Waals surface area contributed by atoms with Crippen LogP contribution >= 0.6 is 0 Å².